The number of benzene rings is 2. The van der Waals surface area contributed by atoms with Crippen LogP contribution in [0.3, 0.4) is 0 Å². The first-order valence-electron chi connectivity index (χ1n) is 8.60. The summed E-state index contributed by atoms with van der Waals surface area (Å²) in [6.45, 7) is 9.91. The molecule has 2 N–H and O–H groups in total. The van der Waals surface area contributed by atoms with Gasteiger partial charge in [-0.05, 0) is 29.5 Å². The minimum Gasteiger partial charge on any atom is -0.493 e. The van der Waals surface area contributed by atoms with Gasteiger partial charge in [0.2, 0.25) is 0 Å². The summed E-state index contributed by atoms with van der Waals surface area (Å²) in [5, 5.41) is 0. The highest BCUT2D eigenvalue weighted by Gasteiger charge is 2.20. The summed E-state index contributed by atoms with van der Waals surface area (Å²) in [6.07, 6.45) is 0. The number of nitrogens with two attached hydrogens (primary N) is 1. The summed E-state index contributed by atoms with van der Waals surface area (Å²) in [4.78, 5) is 0. The predicted octanol–water partition coefficient (Wildman–Crippen LogP) is 4.22. The van der Waals surface area contributed by atoms with Crippen LogP contribution < -0.4 is 19.9 Å². The largest absolute Gasteiger partial charge is 0.493 e. The van der Waals surface area contributed by atoms with Gasteiger partial charge >= 0.3 is 0 Å². The smallest absolute Gasteiger partial charge is 0.165 e. The molecule has 2 aromatic carbocycles. The van der Waals surface area contributed by atoms with E-state index in [9.17, 15) is 0 Å². The van der Waals surface area contributed by atoms with Crippen LogP contribution in [0.2, 0.25) is 0 Å². The van der Waals surface area contributed by atoms with Gasteiger partial charge in [-0.25, -0.2) is 0 Å². The van der Waals surface area contributed by atoms with Crippen LogP contribution in [-0.4, -0.2) is 20.3 Å². The third-order valence-corrected chi connectivity index (χ3v) is 4.10. The highest BCUT2D eigenvalue weighted by atomic mass is 16.5. The maximum Gasteiger partial charge on any atom is 0.165 e. The van der Waals surface area contributed by atoms with E-state index >= 15 is 0 Å². The van der Waals surface area contributed by atoms with E-state index in [0.717, 1.165) is 16.9 Å². The first-order chi connectivity index (χ1) is 11.9. The molecule has 4 nitrogen and oxygen atoms in total. The van der Waals surface area contributed by atoms with Gasteiger partial charge in [-0.15, -0.1) is 0 Å². The maximum atomic E-state index is 6.07. The Labute approximate surface area is 150 Å². The van der Waals surface area contributed by atoms with Gasteiger partial charge in [0.15, 0.2) is 11.5 Å². The standard InChI is InChI=1S/C21H29NO3/c1-15-8-6-10-17(21(2,3)4)19(15)24-12-13-25-20-16(14-22)9-7-11-18(20)23-5/h6-11H,12-14,22H2,1-5H3. The third kappa shape index (κ3) is 4.67. The molecule has 0 aliphatic heterocycles. The number of rotatable bonds is 7. The minimum atomic E-state index is 0.0254. The molecule has 0 aromatic heterocycles. The Morgan fingerprint density at radius 1 is 0.920 bits per heavy atom. The van der Waals surface area contributed by atoms with Crippen LogP contribution in [0.4, 0.5) is 0 Å². The fourth-order valence-electron chi connectivity index (χ4n) is 2.77. The number of para-hydroxylation sites is 2. The van der Waals surface area contributed by atoms with Crippen molar-refractivity contribution in [1.29, 1.82) is 0 Å². The Balaban J connectivity index is 2.06. The Hall–Kier alpha value is -2.20. The zero-order valence-electron chi connectivity index (χ0n) is 15.9. The lowest BCUT2D eigenvalue weighted by Crippen LogP contribution is -2.17. The van der Waals surface area contributed by atoms with Crippen molar-refractivity contribution in [3.05, 3.63) is 53.1 Å². The molecular weight excluding hydrogens is 314 g/mol. The molecule has 0 bridgehead atoms. The number of ether oxygens (including phenoxy) is 3. The third-order valence-electron chi connectivity index (χ3n) is 4.10. The average Bonchev–Trinajstić information content (AvgIpc) is 2.58. The fraction of sp³-hybridized carbons (Fsp3) is 0.429. The molecule has 0 aliphatic rings. The quantitative estimate of drug-likeness (QED) is 0.765. The van der Waals surface area contributed by atoms with Crippen LogP contribution in [-0.2, 0) is 12.0 Å². The van der Waals surface area contributed by atoms with E-state index in [2.05, 4.69) is 45.9 Å². The molecule has 25 heavy (non-hydrogen) atoms. The lowest BCUT2D eigenvalue weighted by atomic mass is 9.85. The highest BCUT2D eigenvalue weighted by molar-refractivity contribution is 5.47. The molecule has 0 spiro atoms. The van der Waals surface area contributed by atoms with Crippen LogP contribution in [0.1, 0.15) is 37.5 Å². The summed E-state index contributed by atoms with van der Waals surface area (Å²) in [5.74, 6) is 2.32. The molecule has 0 saturated carbocycles. The molecule has 0 amide bonds. The Morgan fingerprint density at radius 3 is 2.16 bits per heavy atom. The van der Waals surface area contributed by atoms with Gasteiger partial charge in [0, 0.05) is 12.1 Å². The molecule has 0 fully saturated rings. The van der Waals surface area contributed by atoms with Crippen molar-refractivity contribution in [1.82, 2.24) is 0 Å². The van der Waals surface area contributed by atoms with Gasteiger partial charge in [-0.3, -0.25) is 0 Å². The van der Waals surface area contributed by atoms with E-state index in [0.29, 0.717) is 31.3 Å². The van der Waals surface area contributed by atoms with E-state index in [1.807, 2.05) is 18.2 Å². The predicted molar refractivity (Wildman–Crippen MR) is 102 cm³/mol. The highest BCUT2D eigenvalue weighted by Crippen LogP contribution is 2.34. The normalized spacial score (nSPS) is 11.3. The lowest BCUT2D eigenvalue weighted by Gasteiger charge is -2.24. The van der Waals surface area contributed by atoms with E-state index in [-0.39, 0.29) is 5.41 Å². The Morgan fingerprint density at radius 2 is 1.56 bits per heavy atom. The summed E-state index contributed by atoms with van der Waals surface area (Å²) < 4.78 is 17.3. The second-order valence-corrected chi connectivity index (χ2v) is 7.05. The molecule has 0 unspecified atom stereocenters. The molecule has 0 radical (unpaired) electrons. The second-order valence-electron chi connectivity index (χ2n) is 7.05. The number of hydrogen-bond donors (Lipinski definition) is 1. The monoisotopic (exact) mass is 343 g/mol. The molecule has 136 valence electrons. The number of aryl methyl sites for hydroxylation is 1. The molecule has 0 saturated heterocycles. The summed E-state index contributed by atoms with van der Waals surface area (Å²) in [7, 11) is 1.63. The molecule has 0 heterocycles. The van der Waals surface area contributed by atoms with Gasteiger partial charge < -0.3 is 19.9 Å². The first-order valence-corrected chi connectivity index (χ1v) is 8.60. The van der Waals surface area contributed by atoms with Crippen LogP contribution in [0, 0.1) is 6.92 Å². The van der Waals surface area contributed by atoms with Crippen molar-refractivity contribution < 1.29 is 14.2 Å². The second kappa shape index (κ2) is 8.26. The van der Waals surface area contributed by atoms with Gasteiger partial charge in [0.05, 0.1) is 7.11 Å². The van der Waals surface area contributed by atoms with E-state index in [4.69, 9.17) is 19.9 Å². The van der Waals surface area contributed by atoms with E-state index < -0.39 is 0 Å². The van der Waals surface area contributed by atoms with Crippen molar-refractivity contribution in [2.24, 2.45) is 5.73 Å². The van der Waals surface area contributed by atoms with Gasteiger partial charge in [-0.1, -0.05) is 51.1 Å². The maximum absolute atomic E-state index is 6.07. The van der Waals surface area contributed by atoms with Crippen molar-refractivity contribution >= 4 is 0 Å². The van der Waals surface area contributed by atoms with Crippen LogP contribution in [0.15, 0.2) is 36.4 Å². The van der Waals surface area contributed by atoms with E-state index in [1.54, 1.807) is 7.11 Å². The van der Waals surface area contributed by atoms with Gasteiger partial charge in [-0.2, -0.15) is 0 Å². The number of hydrogen-bond acceptors (Lipinski definition) is 4. The van der Waals surface area contributed by atoms with Crippen molar-refractivity contribution in [3.8, 4) is 17.2 Å². The van der Waals surface area contributed by atoms with Crippen molar-refractivity contribution in [2.45, 2.75) is 39.7 Å². The van der Waals surface area contributed by atoms with Crippen LogP contribution in [0.5, 0.6) is 17.2 Å². The Kier molecular flexibility index (Phi) is 6.32. The van der Waals surface area contributed by atoms with Crippen LogP contribution >= 0.6 is 0 Å². The molecular formula is C21H29NO3. The van der Waals surface area contributed by atoms with Crippen molar-refractivity contribution in [3.63, 3.8) is 0 Å². The van der Waals surface area contributed by atoms with Gasteiger partial charge in [0.25, 0.3) is 0 Å². The first kappa shape index (κ1) is 19.1. The summed E-state index contributed by atoms with van der Waals surface area (Å²) in [5.41, 5.74) is 9.07. The van der Waals surface area contributed by atoms with Gasteiger partial charge in [0.1, 0.15) is 19.0 Å². The zero-order chi connectivity index (χ0) is 18.4. The van der Waals surface area contributed by atoms with Crippen molar-refractivity contribution in [2.75, 3.05) is 20.3 Å². The Bertz CT molecular complexity index is 683. The van der Waals surface area contributed by atoms with E-state index in [1.165, 1.54) is 5.56 Å². The molecule has 0 aliphatic carbocycles. The SMILES string of the molecule is COc1cccc(CN)c1OCCOc1c(C)cccc1C(C)(C)C. The molecule has 4 heteroatoms. The summed E-state index contributed by atoms with van der Waals surface area (Å²) >= 11 is 0. The summed E-state index contributed by atoms with van der Waals surface area (Å²) in [6, 6.07) is 12.0. The minimum absolute atomic E-state index is 0.0254. The lowest BCUT2D eigenvalue weighted by molar-refractivity contribution is 0.206. The average molecular weight is 343 g/mol. The fourth-order valence-corrected chi connectivity index (χ4v) is 2.77. The topological polar surface area (TPSA) is 53.7 Å². The number of methoxy groups -OCH3 is 1. The molecule has 2 aromatic rings. The zero-order valence-corrected chi connectivity index (χ0v) is 15.9. The molecule has 0 atom stereocenters. The van der Waals surface area contributed by atoms with Crippen LogP contribution in [0.25, 0.3) is 0 Å². The molecule has 2 rings (SSSR count).